The fraction of sp³-hybridized carbons (Fsp3) is 1.00. The van der Waals surface area contributed by atoms with E-state index in [9.17, 15) is 0 Å². The van der Waals surface area contributed by atoms with Gasteiger partial charge in [0.25, 0.3) is 0 Å². The zero-order valence-corrected chi connectivity index (χ0v) is 13.4. The van der Waals surface area contributed by atoms with E-state index in [-0.39, 0.29) is 24.6 Å². The Balaban J connectivity index is 1.48. The van der Waals surface area contributed by atoms with Crippen LogP contribution in [0.1, 0.15) is 59.3 Å². The summed E-state index contributed by atoms with van der Waals surface area (Å²) in [5.74, 6) is 0.942. The Morgan fingerprint density at radius 2 is 1.62 bits per heavy atom. The summed E-state index contributed by atoms with van der Waals surface area (Å²) in [6.45, 7) is 6.40. The highest BCUT2D eigenvalue weighted by atomic mass is 16.8. The van der Waals surface area contributed by atoms with Gasteiger partial charge in [-0.3, -0.25) is 0 Å². The molecule has 0 aromatic heterocycles. The van der Waals surface area contributed by atoms with E-state index in [1.807, 2.05) is 13.8 Å². The third-order valence-electron chi connectivity index (χ3n) is 5.77. The molecule has 1 radical (unpaired) electrons. The molecule has 21 heavy (non-hydrogen) atoms. The lowest BCUT2D eigenvalue weighted by atomic mass is 9.38. The van der Waals surface area contributed by atoms with Crippen LogP contribution in [0.3, 0.4) is 0 Å². The zero-order chi connectivity index (χ0) is 14.6. The molecule has 4 saturated heterocycles. The number of rotatable bonds is 2. The van der Waals surface area contributed by atoms with Crippen LogP contribution in [0.15, 0.2) is 0 Å². The minimum absolute atomic E-state index is 0.0166. The molecule has 0 saturated carbocycles. The first kappa shape index (κ1) is 14.5. The molecule has 0 amide bonds. The van der Waals surface area contributed by atoms with Gasteiger partial charge >= 0.3 is 0 Å². The van der Waals surface area contributed by atoms with E-state index >= 15 is 0 Å². The highest BCUT2D eigenvalue weighted by Crippen LogP contribution is 2.48. The van der Waals surface area contributed by atoms with Crippen LogP contribution in [-0.4, -0.2) is 37.3 Å². The molecule has 0 unspecified atom stereocenters. The molecule has 0 aliphatic carbocycles. The summed E-state index contributed by atoms with van der Waals surface area (Å²) in [5.41, 5.74) is 0. The van der Waals surface area contributed by atoms with Crippen molar-refractivity contribution in [3.05, 3.63) is 0 Å². The van der Waals surface area contributed by atoms with E-state index in [1.54, 1.807) is 0 Å². The quantitative estimate of drug-likeness (QED) is 0.732. The lowest BCUT2D eigenvalue weighted by Crippen LogP contribution is -2.45. The van der Waals surface area contributed by atoms with Crippen LogP contribution in [0, 0.1) is 0 Å². The van der Waals surface area contributed by atoms with Gasteiger partial charge in [0.1, 0.15) is 6.10 Å². The predicted octanol–water partition coefficient (Wildman–Crippen LogP) is 3.37. The second-order valence-electron chi connectivity index (χ2n) is 7.76. The molecule has 4 aliphatic rings. The second-order valence-corrected chi connectivity index (χ2v) is 7.76. The van der Waals surface area contributed by atoms with Gasteiger partial charge in [0.15, 0.2) is 12.1 Å². The Bertz CT molecular complexity index is 380. The van der Waals surface area contributed by atoms with Crippen molar-refractivity contribution in [2.75, 3.05) is 0 Å². The van der Waals surface area contributed by atoms with Crippen molar-refractivity contribution in [2.45, 2.75) is 101 Å². The van der Waals surface area contributed by atoms with Crippen molar-refractivity contribution >= 4 is 6.92 Å². The maximum Gasteiger partial charge on any atom is 0.190 e. The summed E-state index contributed by atoms with van der Waals surface area (Å²) in [4.78, 5) is 0. The van der Waals surface area contributed by atoms with Crippen LogP contribution in [0.5, 0.6) is 0 Å². The van der Waals surface area contributed by atoms with Crippen LogP contribution in [0.4, 0.5) is 0 Å². The molecule has 2 bridgehead atoms. The minimum Gasteiger partial charge on any atom is -0.616 e. The van der Waals surface area contributed by atoms with Crippen LogP contribution < -0.4 is 0 Å². The first-order valence-electron chi connectivity index (χ1n) is 8.70. The van der Waals surface area contributed by atoms with Crippen molar-refractivity contribution < 1.29 is 18.9 Å². The lowest BCUT2D eigenvalue weighted by molar-refractivity contribution is -0.211. The third kappa shape index (κ3) is 2.56. The van der Waals surface area contributed by atoms with E-state index < -0.39 is 5.79 Å². The molecule has 4 rings (SSSR count). The average molecular weight is 294 g/mol. The van der Waals surface area contributed by atoms with Crippen LogP contribution in [0.25, 0.3) is 0 Å². The first-order valence-corrected chi connectivity index (χ1v) is 8.70. The minimum atomic E-state index is -0.556. The predicted molar refractivity (Wildman–Crippen MR) is 80.2 cm³/mol. The van der Waals surface area contributed by atoms with Gasteiger partial charge in [-0.15, -0.1) is 0 Å². The highest BCUT2D eigenvalue weighted by Gasteiger charge is 2.53. The summed E-state index contributed by atoms with van der Waals surface area (Å²) in [6.07, 6.45) is 7.83. The normalized spacial score (nSPS) is 49.3. The number of hydrogen-bond donors (Lipinski definition) is 0. The van der Waals surface area contributed by atoms with Crippen molar-refractivity contribution in [2.24, 2.45) is 0 Å². The van der Waals surface area contributed by atoms with Gasteiger partial charge < -0.3 is 18.9 Å². The fourth-order valence-electron chi connectivity index (χ4n) is 4.85. The van der Waals surface area contributed by atoms with Gasteiger partial charge in [0.05, 0.1) is 12.2 Å². The Morgan fingerprint density at radius 1 is 1.00 bits per heavy atom. The molecule has 5 heteroatoms. The molecular formula is C16H27BO4-. The molecule has 0 aromatic carbocycles. The summed E-state index contributed by atoms with van der Waals surface area (Å²) < 4.78 is 24.4. The summed E-state index contributed by atoms with van der Waals surface area (Å²) in [5, 5.41) is 0. The smallest absolute Gasteiger partial charge is 0.190 e. The standard InChI is InChI=1S/C16H27BO4/c1-10-13(14-15(18-10)20-16(2,3)19-14)21-17-11-6-4-7-12(17)9-5-8-11/h10-15H,4-9H2,1-3H3/q-1/t10-,11?,12?,13+,14-,15-/m1/s1. The maximum atomic E-state index is 6.61. The van der Waals surface area contributed by atoms with Crippen molar-refractivity contribution in [1.82, 2.24) is 0 Å². The van der Waals surface area contributed by atoms with E-state index in [1.165, 1.54) is 38.5 Å². The van der Waals surface area contributed by atoms with Gasteiger partial charge in [-0.05, 0) is 20.8 Å². The maximum absolute atomic E-state index is 6.61. The molecule has 4 heterocycles. The molecular weight excluding hydrogens is 267 g/mol. The summed E-state index contributed by atoms with van der Waals surface area (Å²) in [6, 6.07) is 0. The molecule has 119 valence electrons. The average Bonchev–Trinajstić information content (AvgIpc) is 2.82. The number of fused-ring (bicyclic) bond motifs is 3. The Labute approximate surface area is 128 Å². The Hall–Kier alpha value is -0.0951. The van der Waals surface area contributed by atoms with Crippen molar-refractivity contribution in [1.29, 1.82) is 0 Å². The zero-order valence-electron chi connectivity index (χ0n) is 13.4. The van der Waals surface area contributed by atoms with E-state index in [2.05, 4.69) is 6.92 Å². The van der Waals surface area contributed by atoms with Crippen LogP contribution in [0.2, 0.25) is 11.6 Å². The van der Waals surface area contributed by atoms with E-state index in [0.29, 0.717) is 6.92 Å². The van der Waals surface area contributed by atoms with Crippen molar-refractivity contribution in [3.63, 3.8) is 0 Å². The largest absolute Gasteiger partial charge is 0.616 e. The molecule has 4 aliphatic heterocycles. The van der Waals surface area contributed by atoms with Crippen LogP contribution >= 0.6 is 0 Å². The van der Waals surface area contributed by atoms with Crippen molar-refractivity contribution in [3.8, 4) is 0 Å². The van der Waals surface area contributed by atoms with E-state index in [4.69, 9.17) is 18.9 Å². The van der Waals surface area contributed by atoms with E-state index in [0.717, 1.165) is 11.6 Å². The molecule has 4 nitrogen and oxygen atoms in total. The van der Waals surface area contributed by atoms with Gasteiger partial charge in [-0.2, -0.15) is 11.6 Å². The second kappa shape index (κ2) is 5.22. The molecule has 4 atom stereocenters. The summed E-state index contributed by atoms with van der Waals surface area (Å²) in [7, 11) is 0. The molecule has 0 aromatic rings. The molecule has 4 fully saturated rings. The molecule has 0 spiro atoms. The third-order valence-corrected chi connectivity index (χ3v) is 5.77. The first-order chi connectivity index (χ1) is 10.0. The Kier molecular flexibility index (Phi) is 3.61. The van der Waals surface area contributed by atoms with Gasteiger partial charge in [0, 0.05) is 6.92 Å². The highest BCUT2D eigenvalue weighted by molar-refractivity contribution is 6.56. The molecule has 0 N–H and O–H groups in total. The van der Waals surface area contributed by atoms with Gasteiger partial charge in [-0.25, -0.2) is 0 Å². The lowest BCUT2D eigenvalue weighted by Gasteiger charge is -2.53. The summed E-state index contributed by atoms with van der Waals surface area (Å²) >= 11 is 0. The SMILES string of the molecule is C[C@H]1O[C@@H]2OC(C)(C)O[C@@H]2[C@H]1O[B-]1C2CCCC1CCC2. The Morgan fingerprint density at radius 3 is 2.24 bits per heavy atom. The van der Waals surface area contributed by atoms with Crippen LogP contribution in [-0.2, 0) is 18.9 Å². The topological polar surface area (TPSA) is 36.9 Å². The number of hydrogen-bond acceptors (Lipinski definition) is 4. The fourth-order valence-corrected chi connectivity index (χ4v) is 4.85. The number of ether oxygens (including phenoxy) is 3. The van der Waals surface area contributed by atoms with Gasteiger partial charge in [0.2, 0.25) is 0 Å². The van der Waals surface area contributed by atoms with Gasteiger partial charge in [-0.1, -0.05) is 38.5 Å². The monoisotopic (exact) mass is 294 g/mol.